The van der Waals surface area contributed by atoms with Crippen LogP contribution < -0.4 is 19.3 Å². The van der Waals surface area contributed by atoms with Crippen LogP contribution in [0.4, 0.5) is 0 Å². The monoisotopic (exact) mass is 292 g/mol. The van der Waals surface area contributed by atoms with Gasteiger partial charge in [-0.2, -0.15) is 0 Å². The molecule has 0 unspecified atom stereocenters. The van der Waals surface area contributed by atoms with Gasteiger partial charge in [-0.3, -0.25) is 0 Å². The summed E-state index contributed by atoms with van der Waals surface area (Å²) in [5.41, 5.74) is 0. The summed E-state index contributed by atoms with van der Waals surface area (Å²) in [5.74, 6) is 0. The Hall–Kier alpha value is -0.220. The molecule has 0 spiro atoms. The second-order valence-electron chi connectivity index (χ2n) is 4.88. The normalized spacial score (nSPS) is 24.3. The van der Waals surface area contributed by atoms with Crippen LogP contribution in [0.2, 0.25) is 0 Å². The summed E-state index contributed by atoms with van der Waals surface area (Å²) in [6, 6.07) is 9.41. The van der Waals surface area contributed by atoms with E-state index in [0.29, 0.717) is 18.5 Å². The number of halogens is 1. The zero-order chi connectivity index (χ0) is 13.3. The molecule has 1 heterocycles. The zero-order valence-corrected chi connectivity index (χ0v) is 12.0. The number of hydrogen-bond acceptors (Lipinski definition) is 4. The summed E-state index contributed by atoms with van der Waals surface area (Å²) in [7, 11) is -4.38. The van der Waals surface area contributed by atoms with Crippen molar-refractivity contribution < 1.29 is 28.3 Å². The molecule has 6 heteroatoms. The Labute approximate surface area is 109 Å². The Bertz CT molecular complexity index is 412. The Balaban J connectivity index is 2.53. The first-order valence-electron chi connectivity index (χ1n) is 6.09. The van der Waals surface area contributed by atoms with Gasteiger partial charge in [0.15, 0.2) is 0 Å². The Morgan fingerprint density at radius 3 is 2.11 bits per heavy atom. The molecule has 4 nitrogen and oxygen atoms in total. The molecule has 2 rings (SSSR count). The molecule has 1 aliphatic heterocycles. The summed E-state index contributed by atoms with van der Waals surface area (Å²) in [4.78, 5) is 0. The molecule has 1 aliphatic rings. The molecule has 102 valence electrons. The summed E-state index contributed by atoms with van der Waals surface area (Å²) >= 11 is 0. The van der Waals surface area contributed by atoms with Crippen LogP contribution in [-0.2, 0) is 4.08 Å². The van der Waals surface area contributed by atoms with Gasteiger partial charge in [-0.15, -0.1) is 0 Å². The molecule has 18 heavy (non-hydrogen) atoms. The van der Waals surface area contributed by atoms with Crippen molar-refractivity contribution in [2.24, 2.45) is 0 Å². The van der Waals surface area contributed by atoms with Crippen LogP contribution in [-0.4, -0.2) is 18.5 Å². The standard InChI is InChI=1S/C12H18ClO4P/c1-2-18(10-6-7-11-18,17-13(14,15)16)12-8-4-3-5-9-12/h3-5,8-9H,2,6-7,10-11H2,1H3. The average molecular weight is 293 g/mol. The topological polar surface area (TPSA) is 78.4 Å². The summed E-state index contributed by atoms with van der Waals surface area (Å²) < 4.78 is 38.7. The van der Waals surface area contributed by atoms with E-state index >= 15 is 0 Å². The van der Waals surface area contributed by atoms with Crippen molar-refractivity contribution in [2.45, 2.75) is 19.8 Å². The number of benzene rings is 1. The van der Waals surface area contributed by atoms with Crippen molar-refractivity contribution in [3.05, 3.63) is 30.3 Å². The van der Waals surface area contributed by atoms with Gasteiger partial charge < -0.3 is 0 Å². The second kappa shape index (κ2) is 4.71. The van der Waals surface area contributed by atoms with Crippen LogP contribution in [0.25, 0.3) is 0 Å². The maximum atomic E-state index is 11.2. The summed E-state index contributed by atoms with van der Waals surface area (Å²) in [6.07, 6.45) is 3.84. The molecular formula is C12H18ClO4P. The van der Waals surface area contributed by atoms with E-state index in [1.165, 1.54) is 0 Å². The predicted molar refractivity (Wildman–Crippen MR) is 63.6 cm³/mol. The van der Waals surface area contributed by atoms with Crippen molar-refractivity contribution >= 4 is 12.1 Å². The first kappa shape index (κ1) is 14.2. The van der Waals surface area contributed by atoms with Crippen molar-refractivity contribution in [3.8, 4) is 0 Å². The fraction of sp³-hybridized carbons (Fsp3) is 0.500. The fourth-order valence-electron chi connectivity index (χ4n) is 3.01. The molecule has 1 fully saturated rings. The van der Waals surface area contributed by atoms with Crippen molar-refractivity contribution in [2.75, 3.05) is 18.5 Å². The molecule has 1 aromatic carbocycles. The summed E-state index contributed by atoms with van der Waals surface area (Å²) in [6.45, 7) is -1.14. The van der Waals surface area contributed by atoms with E-state index in [9.17, 15) is 14.0 Å². The Morgan fingerprint density at radius 2 is 1.67 bits per heavy atom. The number of hydrogen-bond donors (Lipinski definition) is 0. The van der Waals surface area contributed by atoms with Crippen LogP contribution in [0, 0.1) is 10.2 Å². The van der Waals surface area contributed by atoms with Gasteiger partial charge in [0.05, 0.1) is 0 Å². The quantitative estimate of drug-likeness (QED) is 0.702. The van der Waals surface area contributed by atoms with Crippen molar-refractivity contribution in [1.29, 1.82) is 0 Å². The van der Waals surface area contributed by atoms with E-state index in [1.54, 1.807) is 0 Å². The fourth-order valence-corrected chi connectivity index (χ4v) is 10.6. The van der Waals surface area contributed by atoms with Crippen molar-refractivity contribution in [1.82, 2.24) is 0 Å². The summed E-state index contributed by atoms with van der Waals surface area (Å²) in [5, 5.41) is 0.912. The Morgan fingerprint density at radius 1 is 1.11 bits per heavy atom. The zero-order valence-electron chi connectivity index (χ0n) is 10.4. The van der Waals surface area contributed by atoms with E-state index in [-0.39, 0.29) is 0 Å². The van der Waals surface area contributed by atoms with E-state index in [2.05, 4.69) is 0 Å². The molecule has 0 atom stereocenters. The van der Waals surface area contributed by atoms with Crippen LogP contribution in [0.15, 0.2) is 30.3 Å². The van der Waals surface area contributed by atoms with Gasteiger partial charge in [-0.25, -0.2) is 0 Å². The molecule has 0 bridgehead atoms. The molecule has 1 saturated heterocycles. The average Bonchev–Trinajstić information content (AvgIpc) is 2.75. The van der Waals surface area contributed by atoms with E-state index in [4.69, 9.17) is 4.08 Å². The second-order valence-corrected chi connectivity index (χ2v) is 11.5. The minimum absolute atomic E-state index is 0.601. The van der Waals surface area contributed by atoms with Crippen LogP contribution in [0.3, 0.4) is 0 Å². The maximum absolute atomic E-state index is 11.2. The van der Waals surface area contributed by atoms with E-state index in [0.717, 1.165) is 18.1 Å². The molecule has 0 amide bonds. The molecular weight excluding hydrogens is 275 g/mol. The van der Waals surface area contributed by atoms with Crippen LogP contribution in [0.5, 0.6) is 0 Å². The molecule has 0 N–H and O–H groups in total. The van der Waals surface area contributed by atoms with Gasteiger partial charge in [0.2, 0.25) is 0 Å². The molecule has 0 aromatic heterocycles. The minimum atomic E-state index is -4.38. The molecule has 0 aliphatic carbocycles. The van der Waals surface area contributed by atoms with Gasteiger partial charge >= 0.3 is 109 Å². The SMILES string of the molecule is CCP1(O[Cl+3]([O-])([O-])[O-])(c2ccccc2)CCCC1. The third-order valence-corrected chi connectivity index (χ3v) is 11.9. The van der Waals surface area contributed by atoms with Crippen molar-refractivity contribution in [3.63, 3.8) is 0 Å². The van der Waals surface area contributed by atoms with Crippen LogP contribution in [0.1, 0.15) is 19.8 Å². The molecule has 0 radical (unpaired) electrons. The van der Waals surface area contributed by atoms with Gasteiger partial charge in [-0.1, -0.05) is 0 Å². The number of rotatable bonds is 4. The first-order valence-corrected chi connectivity index (χ1v) is 10.0. The third kappa shape index (κ3) is 2.42. The van der Waals surface area contributed by atoms with E-state index < -0.39 is 17.1 Å². The molecule has 0 saturated carbocycles. The van der Waals surface area contributed by atoms with Gasteiger partial charge in [0.1, 0.15) is 0 Å². The Kier molecular flexibility index (Phi) is 3.72. The first-order chi connectivity index (χ1) is 8.40. The van der Waals surface area contributed by atoms with Gasteiger partial charge in [0.25, 0.3) is 0 Å². The van der Waals surface area contributed by atoms with Crippen LogP contribution >= 0.6 is 6.83 Å². The molecule has 1 aromatic rings. The van der Waals surface area contributed by atoms with Gasteiger partial charge in [-0.05, 0) is 0 Å². The van der Waals surface area contributed by atoms with E-state index in [1.807, 2.05) is 37.3 Å². The predicted octanol–water partition coefficient (Wildman–Crippen LogP) is -0.492. The third-order valence-electron chi connectivity index (χ3n) is 4.01. The van der Waals surface area contributed by atoms with Gasteiger partial charge in [0, 0.05) is 0 Å².